The van der Waals surface area contributed by atoms with E-state index in [-0.39, 0.29) is 0 Å². The van der Waals surface area contributed by atoms with Gasteiger partial charge in [-0.05, 0) is 50.9 Å². The highest BCUT2D eigenvalue weighted by atomic mass is 16.3. The number of aromatic nitrogens is 1. The molecule has 6 heteroatoms. The quantitative estimate of drug-likeness (QED) is 0.480. The number of hydrogen-bond donors (Lipinski definition) is 1. The molecule has 144 valence electrons. The highest BCUT2D eigenvalue weighted by Gasteiger charge is 2.21. The van der Waals surface area contributed by atoms with Gasteiger partial charge in [-0.15, -0.1) is 5.10 Å². The number of likely N-dealkylation sites (tertiary alicyclic amines) is 1. The van der Waals surface area contributed by atoms with Crippen LogP contribution in [0.25, 0.3) is 11.5 Å². The van der Waals surface area contributed by atoms with Gasteiger partial charge < -0.3 is 14.6 Å². The van der Waals surface area contributed by atoms with Crippen molar-refractivity contribution in [2.24, 2.45) is 10.2 Å². The summed E-state index contributed by atoms with van der Waals surface area (Å²) in [5.41, 5.74) is 4.39. The van der Waals surface area contributed by atoms with Crippen LogP contribution in [0.2, 0.25) is 0 Å². The molecule has 27 heavy (non-hydrogen) atoms. The first kappa shape index (κ1) is 19.3. The van der Waals surface area contributed by atoms with Crippen LogP contribution in [0.3, 0.4) is 0 Å². The fraction of sp³-hybridized carbons (Fsp3) is 0.476. The van der Waals surface area contributed by atoms with E-state index in [2.05, 4.69) is 51.4 Å². The molecule has 1 aliphatic heterocycles. The third-order valence-corrected chi connectivity index (χ3v) is 5.18. The summed E-state index contributed by atoms with van der Waals surface area (Å²) in [6.45, 7) is 8.35. The second kappa shape index (κ2) is 8.95. The fourth-order valence-corrected chi connectivity index (χ4v) is 3.47. The number of likely N-dealkylation sites (N-methyl/N-ethyl adjacent to an activating group) is 1. The topological polar surface area (TPSA) is 66.0 Å². The molecule has 1 unspecified atom stereocenters. The zero-order valence-corrected chi connectivity index (χ0v) is 16.7. The van der Waals surface area contributed by atoms with Crippen molar-refractivity contribution in [3.05, 3.63) is 41.8 Å². The summed E-state index contributed by atoms with van der Waals surface area (Å²) in [6.07, 6.45) is 6.17. The second-order valence-corrected chi connectivity index (χ2v) is 6.83. The zero-order chi connectivity index (χ0) is 19.2. The number of nitrogens with zero attached hydrogens (tertiary/aromatic N) is 4. The number of nitrogens with one attached hydrogen (secondary N) is 1. The van der Waals surface area contributed by atoms with E-state index in [4.69, 9.17) is 4.42 Å². The maximum Gasteiger partial charge on any atom is 0.225 e. The van der Waals surface area contributed by atoms with Gasteiger partial charge in [0.05, 0.1) is 11.9 Å². The van der Waals surface area contributed by atoms with E-state index >= 15 is 0 Å². The molecule has 1 aromatic carbocycles. The first-order valence-electron chi connectivity index (χ1n) is 9.72. The van der Waals surface area contributed by atoms with E-state index < -0.39 is 0 Å². The molecule has 2 aromatic rings. The van der Waals surface area contributed by atoms with Gasteiger partial charge in [-0.1, -0.05) is 19.9 Å². The molecule has 1 aromatic heterocycles. The third kappa shape index (κ3) is 4.45. The fourth-order valence-electron chi connectivity index (χ4n) is 3.47. The van der Waals surface area contributed by atoms with Gasteiger partial charge in [-0.25, -0.2) is 4.98 Å². The van der Waals surface area contributed by atoms with Crippen LogP contribution < -0.4 is 5.32 Å². The molecule has 1 saturated heterocycles. The Labute approximate surface area is 161 Å². The largest absolute Gasteiger partial charge is 0.445 e. The van der Waals surface area contributed by atoms with Gasteiger partial charge in [0.15, 0.2) is 0 Å². The molecule has 0 spiro atoms. The average Bonchev–Trinajstić information content (AvgIpc) is 3.40. The highest BCUT2D eigenvalue weighted by molar-refractivity contribution is 6.02. The number of oxazole rings is 1. The van der Waals surface area contributed by atoms with Crippen LogP contribution in [-0.4, -0.2) is 47.6 Å². The van der Waals surface area contributed by atoms with Crippen LogP contribution in [-0.2, 0) is 6.42 Å². The van der Waals surface area contributed by atoms with Gasteiger partial charge in [0.25, 0.3) is 0 Å². The molecule has 6 nitrogen and oxygen atoms in total. The molecule has 0 radical (unpaired) electrons. The molecule has 0 aliphatic carbocycles. The zero-order valence-electron chi connectivity index (χ0n) is 16.7. The predicted octanol–water partition coefficient (Wildman–Crippen LogP) is 3.73. The number of amidine groups is 1. The van der Waals surface area contributed by atoms with E-state index in [1.165, 1.54) is 5.56 Å². The summed E-state index contributed by atoms with van der Waals surface area (Å²) in [5.74, 6) is 1.63. The van der Waals surface area contributed by atoms with Crippen molar-refractivity contribution < 1.29 is 4.42 Å². The normalized spacial score (nSPS) is 18.4. The van der Waals surface area contributed by atoms with Gasteiger partial charge in [0.2, 0.25) is 5.89 Å². The molecule has 3 rings (SSSR count). The second-order valence-electron chi connectivity index (χ2n) is 6.83. The first-order chi connectivity index (χ1) is 13.2. The lowest BCUT2D eigenvalue weighted by Gasteiger charge is -2.17. The smallest absolute Gasteiger partial charge is 0.225 e. The van der Waals surface area contributed by atoms with Crippen molar-refractivity contribution in [1.82, 2.24) is 15.2 Å². The maximum atomic E-state index is 5.43. The summed E-state index contributed by atoms with van der Waals surface area (Å²) >= 11 is 0. The Bertz CT molecular complexity index is 810. The number of hydrogen-bond acceptors (Lipinski definition) is 5. The van der Waals surface area contributed by atoms with Crippen molar-refractivity contribution in [3.8, 4) is 11.5 Å². The Hall–Kier alpha value is -2.47. The van der Waals surface area contributed by atoms with Crippen LogP contribution >= 0.6 is 0 Å². The number of aryl methyl sites for hydroxylation is 1. The van der Waals surface area contributed by atoms with E-state index in [1.54, 1.807) is 12.5 Å². The monoisotopic (exact) mass is 367 g/mol. The van der Waals surface area contributed by atoms with E-state index in [1.807, 2.05) is 20.0 Å². The molecule has 1 aliphatic rings. The van der Waals surface area contributed by atoms with Crippen LogP contribution in [0.1, 0.15) is 44.7 Å². The van der Waals surface area contributed by atoms with Crippen LogP contribution in [0.4, 0.5) is 0 Å². The Morgan fingerprint density at radius 3 is 2.81 bits per heavy atom. The molecule has 2 heterocycles. The Morgan fingerprint density at radius 1 is 1.33 bits per heavy atom. The minimum absolute atomic E-state index is 0.541. The SMILES string of the molecule is CC/C(=N\N=C(/C)N1CCC(NC)C1)c1ccc(-c2ncco2)cc1CC. The van der Waals surface area contributed by atoms with Gasteiger partial charge in [-0.3, -0.25) is 0 Å². The van der Waals surface area contributed by atoms with E-state index in [9.17, 15) is 0 Å². The third-order valence-electron chi connectivity index (χ3n) is 5.18. The van der Waals surface area contributed by atoms with E-state index in [0.29, 0.717) is 11.9 Å². The summed E-state index contributed by atoms with van der Waals surface area (Å²) in [6, 6.07) is 6.83. The van der Waals surface area contributed by atoms with Crippen LogP contribution in [0, 0.1) is 0 Å². The first-order valence-corrected chi connectivity index (χ1v) is 9.72. The summed E-state index contributed by atoms with van der Waals surface area (Å²) in [5, 5.41) is 12.5. The lowest BCUT2D eigenvalue weighted by molar-refractivity contribution is 0.489. The molecular weight excluding hydrogens is 338 g/mol. The van der Waals surface area contributed by atoms with Crippen molar-refractivity contribution in [1.29, 1.82) is 0 Å². The van der Waals surface area contributed by atoms with Crippen molar-refractivity contribution >= 4 is 11.5 Å². The predicted molar refractivity (Wildman–Crippen MR) is 110 cm³/mol. The van der Waals surface area contributed by atoms with Crippen molar-refractivity contribution in [2.45, 2.75) is 46.1 Å². The lowest BCUT2D eigenvalue weighted by atomic mass is 9.97. The molecule has 0 saturated carbocycles. The summed E-state index contributed by atoms with van der Waals surface area (Å²) < 4.78 is 5.43. The summed E-state index contributed by atoms with van der Waals surface area (Å²) in [7, 11) is 2.02. The van der Waals surface area contributed by atoms with Crippen LogP contribution in [0.15, 0.2) is 45.3 Å². The molecular formula is C21H29N5O. The number of rotatable bonds is 6. The van der Waals surface area contributed by atoms with E-state index in [0.717, 1.165) is 55.0 Å². The standard InChI is InChI=1S/C21H29N5O/c1-5-16-13-17(21-23-10-12-27-21)7-8-19(16)20(6-2)25-24-15(3)26-11-9-18(14-26)22-4/h7-8,10,12-13,18,22H,5-6,9,11,14H2,1-4H3/b24-15+,25-20+. The minimum Gasteiger partial charge on any atom is -0.445 e. The molecule has 0 bridgehead atoms. The van der Waals surface area contributed by atoms with Crippen molar-refractivity contribution in [2.75, 3.05) is 20.1 Å². The number of benzene rings is 1. The molecule has 1 atom stereocenters. The highest BCUT2D eigenvalue weighted by Crippen LogP contribution is 2.23. The van der Waals surface area contributed by atoms with Gasteiger partial charge in [0, 0.05) is 30.3 Å². The Kier molecular flexibility index (Phi) is 6.40. The van der Waals surface area contributed by atoms with Crippen LogP contribution in [0.5, 0.6) is 0 Å². The Balaban J connectivity index is 1.84. The minimum atomic E-state index is 0.541. The summed E-state index contributed by atoms with van der Waals surface area (Å²) in [4.78, 5) is 6.54. The lowest BCUT2D eigenvalue weighted by Crippen LogP contribution is -2.32. The molecule has 1 N–H and O–H groups in total. The van der Waals surface area contributed by atoms with Gasteiger partial charge in [-0.2, -0.15) is 5.10 Å². The van der Waals surface area contributed by atoms with Crippen molar-refractivity contribution in [3.63, 3.8) is 0 Å². The van der Waals surface area contributed by atoms with Gasteiger partial charge in [0.1, 0.15) is 12.1 Å². The average molecular weight is 367 g/mol. The van der Waals surface area contributed by atoms with Gasteiger partial charge >= 0.3 is 0 Å². The molecule has 1 fully saturated rings. The molecule has 0 amide bonds. The Morgan fingerprint density at radius 2 is 2.19 bits per heavy atom. The maximum absolute atomic E-state index is 5.43.